The summed E-state index contributed by atoms with van der Waals surface area (Å²) in [5.41, 5.74) is 0.609. The molecule has 1 aromatic rings. The summed E-state index contributed by atoms with van der Waals surface area (Å²) < 4.78 is 4.52. The molecule has 0 aliphatic rings. The maximum atomic E-state index is 11.2. The molecule has 17 heavy (non-hydrogen) atoms. The molecule has 1 atom stereocenters. The highest BCUT2D eigenvalue weighted by Gasteiger charge is 2.20. The Morgan fingerprint density at radius 2 is 2.06 bits per heavy atom. The van der Waals surface area contributed by atoms with Crippen molar-refractivity contribution in [1.29, 1.82) is 0 Å². The van der Waals surface area contributed by atoms with Crippen LogP contribution < -0.4 is 0 Å². The third kappa shape index (κ3) is 4.14. The highest BCUT2D eigenvalue weighted by Crippen LogP contribution is 2.26. The number of hydrogen-bond donors (Lipinski definition) is 2. The largest absolute Gasteiger partial charge is 0.508 e. The van der Waals surface area contributed by atoms with Gasteiger partial charge in [-0.15, -0.1) is 0 Å². The predicted octanol–water partition coefficient (Wildman–Crippen LogP) is 1.51. The molecule has 0 aliphatic carbocycles. The molecule has 0 amide bonds. The van der Waals surface area contributed by atoms with Crippen molar-refractivity contribution in [3.8, 4) is 5.75 Å². The number of aromatic hydroxyl groups is 1. The maximum absolute atomic E-state index is 11.2. The van der Waals surface area contributed by atoms with Crippen LogP contribution in [-0.4, -0.2) is 29.3 Å². The number of carbonyl (C=O) groups is 2. The van der Waals surface area contributed by atoms with Gasteiger partial charge in [0.05, 0.1) is 20.0 Å². The molecule has 2 N–H and O–H groups in total. The topological polar surface area (TPSA) is 83.8 Å². The van der Waals surface area contributed by atoms with E-state index in [9.17, 15) is 14.7 Å². The number of benzene rings is 1. The molecule has 0 aromatic heterocycles. The second kappa shape index (κ2) is 5.89. The molecule has 5 nitrogen and oxygen atoms in total. The molecule has 0 saturated heterocycles. The number of rotatable bonds is 5. The van der Waals surface area contributed by atoms with Crippen LogP contribution in [0.25, 0.3) is 0 Å². The summed E-state index contributed by atoms with van der Waals surface area (Å²) in [7, 11) is 1.25. The van der Waals surface area contributed by atoms with E-state index in [1.165, 1.54) is 19.2 Å². The minimum absolute atomic E-state index is 0.0216. The second-order valence-electron chi connectivity index (χ2n) is 3.67. The zero-order valence-corrected chi connectivity index (χ0v) is 9.42. The van der Waals surface area contributed by atoms with E-state index >= 15 is 0 Å². The summed E-state index contributed by atoms with van der Waals surface area (Å²) in [6.45, 7) is 0. The van der Waals surface area contributed by atoms with Gasteiger partial charge in [-0.1, -0.05) is 12.1 Å². The van der Waals surface area contributed by atoms with Gasteiger partial charge in [-0.2, -0.15) is 0 Å². The molecule has 0 fully saturated rings. The van der Waals surface area contributed by atoms with Crippen molar-refractivity contribution in [2.75, 3.05) is 7.11 Å². The summed E-state index contributed by atoms with van der Waals surface area (Å²) in [5, 5.41) is 18.1. The van der Waals surface area contributed by atoms with Gasteiger partial charge in [-0.05, 0) is 17.7 Å². The molecule has 1 rings (SSSR count). The number of ether oxygens (including phenoxy) is 1. The van der Waals surface area contributed by atoms with Crippen LogP contribution in [0.1, 0.15) is 24.3 Å². The summed E-state index contributed by atoms with van der Waals surface area (Å²) in [6.07, 6.45) is -0.204. The normalized spacial score (nSPS) is 11.8. The molecule has 0 aliphatic heterocycles. The first-order valence-electron chi connectivity index (χ1n) is 5.10. The van der Waals surface area contributed by atoms with Crippen LogP contribution in [-0.2, 0) is 14.3 Å². The van der Waals surface area contributed by atoms with Crippen molar-refractivity contribution in [1.82, 2.24) is 0 Å². The van der Waals surface area contributed by atoms with Crippen LogP contribution >= 0.6 is 0 Å². The molecule has 0 bridgehead atoms. The van der Waals surface area contributed by atoms with Crippen LogP contribution in [0, 0.1) is 0 Å². The Hall–Kier alpha value is -2.04. The van der Waals surface area contributed by atoms with E-state index in [1.54, 1.807) is 12.1 Å². The Labute approximate surface area is 98.6 Å². The fraction of sp³-hybridized carbons (Fsp3) is 0.333. The first kappa shape index (κ1) is 13.0. The average Bonchev–Trinajstić information content (AvgIpc) is 2.27. The Kier molecular flexibility index (Phi) is 4.51. The lowest BCUT2D eigenvalue weighted by molar-refractivity contribution is -0.141. The molecule has 0 heterocycles. The van der Waals surface area contributed by atoms with Crippen LogP contribution in [0.4, 0.5) is 0 Å². The molecule has 5 heteroatoms. The van der Waals surface area contributed by atoms with Gasteiger partial charge in [0.2, 0.25) is 0 Å². The first-order valence-corrected chi connectivity index (χ1v) is 5.10. The Bertz CT molecular complexity index is 413. The van der Waals surface area contributed by atoms with E-state index in [4.69, 9.17) is 5.11 Å². The number of esters is 1. The van der Waals surface area contributed by atoms with Gasteiger partial charge in [-0.3, -0.25) is 9.59 Å². The molecule has 0 saturated carbocycles. The molecule has 92 valence electrons. The van der Waals surface area contributed by atoms with Crippen LogP contribution in [0.3, 0.4) is 0 Å². The zero-order valence-electron chi connectivity index (χ0n) is 9.42. The van der Waals surface area contributed by atoms with E-state index in [0.29, 0.717) is 5.56 Å². The number of carboxylic acids is 1. The summed E-state index contributed by atoms with van der Waals surface area (Å²) in [5.74, 6) is -1.92. The number of aliphatic carboxylic acids is 1. The van der Waals surface area contributed by atoms with Crippen LogP contribution in [0.5, 0.6) is 5.75 Å². The Morgan fingerprint density at radius 3 is 2.59 bits per heavy atom. The van der Waals surface area contributed by atoms with E-state index in [-0.39, 0.29) is 18.6 Å². The van der Waals surface area contributed by atoms with Crippen LogP contribution in [0.15, 0.2) is 24.3 Å². The van der Waals surface area contributed by atoms with E-state index < -0.39 is 17.9 Å². The van der Waals surface area contributed by atoms with E-state index in [1.807, 2.05) is 0 Å². The molecule has 0 radical (unpaired) electrons. The molecular weight excluding hydrogens is 224 g/mol. The van der Waals surface area contributed by atoms with E-state index in [0.717, 1.165) is 0 Å². The van der Waals surface area contributed by atoms with Crippen molar-refractivity contribution >= 4 is 11.9 Å². The van der Waals surface area contributed by atoms with Gasteiger partial charge in [0.1, 0.15) is 5.75 Å². The van der Waals surface area contributed by atoms with Gasteiger partial charge >= 0.3 is 11.9 Å². The minimum atomic E-state index is -0.998. The Balaban J connectivity index is 2.89. The first-order chi connectivity index (χ1) is 8.02. The quantitative estimate of drug-likeness (QED) is 0.760. The molecule has 1 unspecified atom stereocenters. The van der Waals surface area contributed by atoms with Crippen molar-refractivity contribution in [2.24, 2.45) is 0 Å². The lowest BCUT2D eigenvalue weighted by Gasteiger charge is -2.14. The van der Waals surface area contributed by atoms with Crippen molar-refractivity contribution in [3.05, 3.63) is 29.8 Å². The number of phenolic OH excluding ortho intramolecular Hbond substituents is 1. The van der Waals surface area contributed by atoms with Crippen molar-refractivity contribution < 1.29 is 24.5 Å². The number of phenols is 1. The van der Waals surface area contributed by atoms with Gasteiger partial charge in [0.15, 0.2) is 0 Å². The smallest absolute Gasteiger partial charge is 0.306 e. The van der Waals surface area contributed by atoms with Gasteiger partial charge < -0.3 is 14.9 Å². The number of carbonyl (C=O) groups excluding carboxylic acids is 1. The predicted molar refractivity (Wildman–Crippen MR) is 59.7 cm³/mol. The number of carboxylic acid groups (broad SMARTS) is 1. The third-order valence-electron chi connectivity index (χ3n) is 2.40. The van der Waals surface area contributed by atoms with Gasteiger partial charge in [-0.25, -0.2) is 0 Å². The maximum Gasteiger partial charge on any atom is 0.306 e. The number of hydrogen-bond acceptors (Lipinski definition) is 4. The van der Waals surface area contributed by atoms with Crippen molar-refractivity contribution in [2.45, 2.75) is 18.8 Å². The fourth-order valence-corrected chi connectivity index (χ4v) is 1.58. The highest BCUT2D eigenvalue weighted by atomic mass is 16.5. The Morgan fingerprint density at radius 1 is 1.35 bits per heavy atom. The zero-order chi connectivity index (χ0) is 12.8. The fourth-order valence-electron chi connectivity index (χ4n) is 1.58. The second-order valence-corrected chi connectivity index (χ2v) is 3.67. The standard InChI is InChI=1S/C12H14O5/c1-17-12(16)7-9(6-11(14)15)8-3-2-4-10(13)5-8/h2-5,9,13H,6-7H2,1H3,(H,14,15). The minimum Gasteiger partial charge on any atom is -0.508 e. The summed E-state index contributed by atoms with van der Waals surface area (Å²) in [4.78, 5) is 21.9. The van der Waals surface area contributed by atoms with Gasteiger partial charge in [0.25, 0.3) is 0 Å². The average molecular weight is 238 g/mol. The lowest BCUT2D eigenvalue weighted by Crippen LogP contribution is -2.12. The molecule has 1 aromatic carbocycles. The summed E-state index contributed by atoms with van der Waals surface area (Å²) >= 11 is 0. The lowest BCUT2D eigenvalue weighted by atomic mass is 9.92. The monoisotopic (exact) mass is 238 g/mol. The molecule has 0 spiro atoms. The molecular formula is C12H14O5. The van der Waals surface area contributed by atoms with E-state index in [2.05, 4.69) is 4.74 Å². The summed E-state index contributed by atoms with van der Waals surface area (Å²) in [6, 6.07) is 6.23. The third-order valence-corrected chi connectivity index (χ3v) is 2.40. The highest BCUT2D eigenvalue weighted by molar-refractivity contribution is 5.73. The SMILES string of the molecule is COC(=O)CC(CC(=O)O)c1cccc(O)c1. The number of methoxy groups -OCH3 is 1. The van der Waals surface area contributed by atoms with Gasteiger partial charge in [0, 0.05) is 5.92 Å². The van der Waals surface area contributed by atoms with Crippen LogP contribution in [0.2, 0.25) is 0 Å². The van der Waals surface area contributed by atoms with Crippen molar-refractivity contribution in [3.63, 3.8) is 0 Å².